The van der Waals surface area contributed by atoms with Crippen LogP contribution in [-0.2, 0) is 0 Å². The van der Waals surface area contributed by atoms with Crippen LogP contribution in [0.15, 0.2) is 59.4 Å². The van der Waals surface area contributed by atoms with Crippen molar-refractivity contribution in [2.45, 2.75) is 6.92 Å². The first-order chi connectivity index (χ1) is 6.08. The summed E-state index contributed by atoms with van der Waals surface area (Å²) in [6.07, 6.45) is 5.05. The average molecular weight is 241 g/mol. The summed E-state index contributed by atoms with van der Waals surface area (Å²) < 4.78 is 0.854. The van der Waals surface area contributed by atoms with E-state index in [1.165, 1.54) is 0 Å². The maximum atomic E-state index is 9.24. The van der Waals surface area contributed by atoms with Crippen LogP contribution < -0.4 is 0 Å². The Kier molecular flexibility index (Phi) is 5.16. The number of aliphatic hydroxyl groups excluding tert-OH is 1. The Hall–Kier alpha value is -1.02. The Morgan fingerprint density at radius 3 is 1.92 bits per heavy atom. The van der Waals surface area contributed by atoms with Gasteiger partial charge in [-0.05, 0) is 12.5 Å². The second-order valence-electron chi connectivity index (χ2n) is 2.32. The predicted octanol–water partition coefficient (Wildman–Crippen LogP) is 4.03. The van der Waals surface area contributed by atoms with Gasteiger partial charge in [0.1, 0.15) is 5.76 Å². The molecule has 0 rings (SSSR count). The monoisotopic (exact) mass is 240 g/mol. The maximum Gasteiger partial charge on any atom is 0.116 e. The first-order valence-corrected chi connectivity index (χ1v) is 4.57. The molecular weight excluding hydrogens is 228 g/mol. The summed E-state index contributed by atoms with van der Waals surface area (Å²) in [6.45, 7) is 12.6. The molecule has 0 radical (unpaired) electrons. The third-order valence-corrected chi connectivity index (χ3v) is 2.41. The molecule has 0 unspecified atom stereocenters. The van der Waals surface area contributed by atoms with Crippen molar-refractivity contribution in [1.82, 2.24) is 0 Å². The molecule has 0 aliphatic carbocycles. The zero-order chi connectivity index (χ0) is 10.4. The van der Waals surface area contributed by atoms with Crippen LogP contribution in [0.5, 0.6) is 0 Å². The van der Waals surface area contributed by atoms with Crippen molar-refractivity contribution in [1.29, 1.82) is 0 Å². The molecule has 0 aromatic rings. The highest BCUT2D eigenvalue weighted by Gasteiger charge is 2.05. The summed E-state index contributed by atoms with van der Waals surface area (Å²) in [5, 5.41) is 9.24. The van der Waals surface area contributed by atoms with E-state index in [0.717, 1.165) is 10.1 Å². The Labute approximate surface area is 87.6 Å². The Bertz CT molecular complexity index is 295. The summed E-state index contributed by atoms with van der Waals surface area (Å²) >= 11 is 3.35. The van der Waals surface area contributed by atoms with E-state index in [1.807, 2.05) is 13.0 Å². The minimum Gasteiger partial charge on any atom is -0.508 e. The summed E-state index contributed by atoms with van der Waals surface area (Å²) in [4.78, 5) is 0. The lowest BCUT2D eigenvalue weighted by Gasteiger charge is -2.06. The lowest BCUT2D eigenvalue weighted by atomic mass is 10.1. The fourth-order valence-electron chi connectivity index (χ4n) is 0.875. The molecule has 0 saturated heterocycles. The van der Waals surface area contributed by atoms with Gasteiger partial charge in [0.15, 0.2) is 0 Å². The lowest BCUT2D eigenvalue weighted by Crippen LogP contribution is -1.89. The molecule has 0 saturated carbocycles. The number of aliphatic hydroxyl groups is 1. The molecule has 0 bridgehead atoms. The van der Waals surface area contributed by atoms with E-state index < -0.39 is 0 Å². The Balaban J connectivity index is 5.43. The lowest BCUT2D eigenvalue weighted by molar-refractivity contribution is 0.429. The van der Waals surface area contributed by atoms with Crippen LogP contribution in [0.1, 0.15) is 6.92 Å². The van der Waals surface area contributed by atoms with Crippen molar-refractivity contribution < 1.29 is 5.11 Å². The normalized spacial score (nSPS) is 13.2. The van der Waals surface area contributed by atoms with Gasteiger partial charge in [0.2, 0.25) is 0 Å². The molecule has 1 N–H and O–H groups in total. The van der Waals surface area contributed by atoms with Crippen molar-refractivity contribution in [3.63, 3.8) is 0 Å². The van der Waals surface area contributed by atoms with Gasteiger partial charge >= 0.3 is 0 Å². The molecular formula is C11H13BrO. The standard InChI is InChI=1S/C11H13BrO/c1-5-9(8(4)13)10(6-2)11(12)7-3/h5-7,13H,1-2,4H2,3H3/b10-9-,11-7+. The van der Waals surface area contributed by atoms with Crippen molar-refractivity contribution >= 4 is 15.9 Å². The van der Waals surface area contributed by atoms with E-state index in [-0.39, 0.29) is 5.76 Å². The third-order valence-electron chi connectivity index (χ3n) is 1.52. The summed E-state index contributed by atoms with van der Waals surface area (Å²) in [5.74, 6) is -0.0105. The van der Waals surface area contributed by atoms with Gasteiger partial charge in [-0.1, -0.05) is 53.9 Å². The highest BCUT2D eigenvalue weighted by atomic mass is 79.9. The minimum absolute atomic E-state index is 0.0105. The van der Waals surface area contributed by atoms with E-state index in [1.54, 1.807) is 12.2 Å². The van der Waals surface area contributed by atoms with Crippen LogP contribution in [0, 0.1) is 0 Å². The Morgan fingerprint density at radius 2 is 1.69 bits per heavy atom. The van der Waals surface area contributed by atoms with Crippen LogP contribution >= 0.6 is 15.9 Å². The van der Waals surface area contributed by atoms with Crippen LogP contribution in [0.25, 0.3) is 0 Å². The smallest absolute Gasteiger partial charge is 0.116 e. The summed E-state index contributed by atoms with van der Waals surface area (Å²) in [7, 11) is 0. The fraction of sp³-hybridized carbons (Fsp3) is 0.0909. The van der Waals surface area contributed by atoms with Gasteiger partial charge in [-0.2, -0.15) is 0 Å². The first-order valence-electron chi connectivity index (χ1n) is 3.78. The molecule has 0 atom stereocenters. The number of rotatable bonds is 4. The third kappa shape index (κ3) is 3.07. The quantitative estimate of drug-likeness (QED) is 0.582. The van der Waals surface area contributed by atoms with Crippen molar-refractivity contribution in [3.8, 4) is 0 Å². The predicted molar refractivity (Wildman–Crippen MR) is 61.9 cm³/mol. The largest absolute Gasteiger partial charge is 0.508 e. The van der Waals surface area contributed by atoms with Gasteiger partial charge in [0.05, 0.1) is 0 Å². The molecule has 0 aromatic heterocycles. The maximum absolute atomic E-state index is 9.24. The average Bonchev–Trinajstić information content (AvgIpc) is 2.12. The fourth-order valence-corrected chi connectivity index (χ4v) is 1.25. The van der Waals surface area contributed by atoms with Crippen LogP contribution in [0.3, 0.4) is 0 Å². The molecule has 0 fully saturated rings. The first kappa shape index (κ1) is 12.0. The summed E-state index contributed by atoms with van der Waals surface area (Å²) in [5.41, 5.74) is 1.37. The van der Waals surface area contributed by atoms with Gasteiger partial charge in [-0.15, -0.1) is 0 Å². The molecule has 70 valence electrons. The summed E-state index contributed by atoms with van der Waals surface area (Å²) in [6, 6.07) is 0. The Morgan fingerprint density at radius 1 is 1.23 bits per heavy atom. The van der Waals surface area contributed by atoms with E-state index in [0.29, 0.717) is 5.57 Å². The van der Waals surface area contributed by atoms with E-state index in [2.05, 4.69) is 35.7 Å². The molecule has 1 nitrogen and oxygen atoms in total. The second-order valence-corrected chi connectivity index (χ2v) is 3.17. The van der Waals surface area contributed by atoms with E-state index in [9.17, 15) is 5.11 Å². The van der Waals surface area contributed by atoms with Gasteiger partial charge in [0, 0.05) is 10.1 Å². The van der Waals surface area contributed by atoms with Crippen molar-refractivity contribution in [2.24, 2.45) is 0 Å². The van der Waals surface area contributed by atoms with E-state index in [4.69, 9.17) is 0 Å². The molecule has 0 aliphatic rings. The molecule has 0 aromatic carbocycles. The number of allylic oxidation sites excluding steroid dienone is 5. The van der Waals surface area contributed by atoms with E-state index >= 15 is 0 Å². The topological polar surface area (TPSA) is 20.2 Å². The minimum atomic E-state index is -0.0105. The molecule has 0 aliphatic heterocycles. The highest BCUT2D eigenvalue weighted by Crippen LogP contribution is 2.24. The zero-order valence-electron chi connectivity index (χ0n) is 7.68. The number of hydrogen-bond donors (Lipinski definition) is 1. The molecule has 2 heteroatoms. The van der Waals surface area contributed by atoms with Crippen LogP contribution in [-0.4, -0.2) is 5.11 Å². The van der Waals surface area contributed by atoms with Crippen LogP contribution in [0.2, 0.25) is 0 Å². The molecule has 0 spiro atoms. The van der Waals surface area contributed by atoms with Gasteiger partial charge in [0.25, 0.3) is 0 Å². The van der Waals surface area contributed by atoms with Crippen molar-refractivity contribution in [3.05, 3.63) is 59.4 Å². The molecule has 13 heavy (non-hydrogen) atoms. The molecule has 0 heterocycles. The van der Waals surface area contributed by atoms with Gasteiger partial charge in [-0.25, -0.2) is 0 Å². The number of hydrogen-bond acceptors (Lipinski definition) is 1. The number of halogens is 1. The van der Waals surface area contributed by atoms with Crippen molar-refractivity contribution in [2.75, 3.05) is 0 Å². The van der Waals surface area contributed by atoms with Crippen LogP contribution in [0.4, 0.5) is 0 Å². The second kappa shape index (κ2) is 5.60. The SMILES string of the molecule is C=C/C(C(=C)O)=C(C=C)/C(Br)=C\C. The molecule has 0 amide bonds. The van der Waals surface area contributed by atoms with Gasteiger partial charge < -0.3 is 5.11 Å². The highest BCUT2D eigenvalue weighted by molar-refractivity contribution is 9.12. The van der Waals surface area contributed by atoms with Gasteiger partial charge in [-0.3, -0.25) is 0 Å². The zero-order valence-corrected chi connectivity index (χ0v) is 9.26.